The van der Waals surface area contributed by atoms with E-state index in [9.17, 15) is 4.79 Å². The number of carbonyl (C=O) groups is 1. The van der Waals surface area contributed by atoms with Crippen LogP contribution in [-0.2, 0) is 14.3 Å². The minimum absolute atomic E-state index is 0. The molecule has 2 saturated heterocycles. The van der Waals surface area contributed by atoms with Crippen LogP contribution in [0, 0.1) is 5.92 Å². The quantitative estimate of drug-likeness (QED) is 0.807. The molecule has 3 atom stereocenters. The topological polar surface area (TPSA) is 64.8 Å². The van der Waals surface area contributed by atoms with Gasteiger partial charge < -0.3 is 20.1 Å². The van der Waals surface area contributed by atoms with Crippen molar-refractivity contribution in [3.8, 4) is 0 Å². The smallest absolute Gasteiger partial charge is 0.251 e. The molecule has 2 N–H and O–H groups in total. The molecule has 0 aromatic rings. The third-order valence-electron chi connectivity index (χ3n) is 4.31. The molecule has 0 bridgehead atoms. The fourth-order valence-electron chi connectivity index (χ4n) is 3.09. The Bertz CT molecular complexity index is 309. The first-order valence-corrected chi connectivity index (χ1v) is 7.92. The maximum Gasteiger partial charge on any atom is 0.251 e. The second-order valence-corrected chi connectivity index (χ2v) is 5.98. The summed E-state index contributed by atoms with van der Waals surface area (Å²) in [6.07, 6.45) is 5.23. The molecule has 3 unspecified atom stereocenters. The van der Waals surface area contributed by atoms with Gasteiger partial charge in [0.15, 0.2) is 0 Å². The molecule has 2 fully saturated rings. The first-order valence-electron chi connectivity index (χ1n) is 7.92. The third kappa shape index (κ3) is 5.74. The van der Waals surface area contributed by atoms with Crippen LogP contribution in [0.25, 0.3) is 0 Å². The molecule has 2 aliphatic heterocycles. The lowest BCUT2D eigenvalue weighted by atomic mass is 9.94. The van der Waals surface area contributed by atoms with Crippen LogP contribution in [-0.4, -0.2) is 55.9 Å². The summed E-state index contributed by atoms with van der Waals surface area (Å²) in [5, 5.41) is 0. The first kappa shape index (κ1) is 18.7. The van der Waals surface area contributed by atoms with Gasteiger partial charge >= 0.3 is 0 Å². The summed E-state index contributed by atoms with van der Waals surface area (Å²) < 4.78 is 11.2. The molecule has 124 valence electrons. The molecule has 0 saturated carbocycles. The maximum atomic E-state index is 12.4. The highest BCUT2D eigenvalue weighted by Gasteiger charge is 2.27. The number of amides is 1. The normalized spacial score (nSPS) is 27.2. The van der Waals surface area contributed by atoms with Gasteiger partial charge in [0, 0.05) is 19.7 Å². The van der Waals surface area contributed by atoms with E-state index in [1.165, 1.54) is 6.42 Å². The maximum absolute atomic E-state index is 12.4. The summed E-state index contributed by atoms with van der Waals surface area (Å²) in [6.45, 7) is 5.61. The molecule has 21 heavy (non-hydrogen) atoms. The number of ether oxygens (including phenoxy) is 2. The Morgan fingerprint density at radius 2 is 2.24 bits per heavy atom. The van der Waals surface area contributed by atoms with Gasteiger partial charge in [0.2, 0.25) is 0 Å². The fourth-order valence-corrected chi connectivity index (χ4v) is 3.09. The molecular formula is C15H29ClN2O3. The summed E-state index contributed by atoms with van der Waals surface area (Å²) in [4.78, 5) is 14.3. The molecule has 0 spiro atoms. The zero-order chi connectivity index (χ0) is 14.4. The average Bonchev–Trinajstić information content (AvgIpc) is 2.98. The molecule has 6 heteroatoms. The van der Waals surface area contributed by atoms with Crippen molar-refractivity contribution >= 4 is 18.3 Å². The fraction of sp³-hybridized carbons (Fsp3) is 0.933. The van der Waals surface area contributed by atoms with Crippen LogP contribution in [0.3, 0.4) is 0 Å². The molecule has 0 radical (unpaired) electrons. The molecular weight excluding hydrogens is 292 g/mol. The number of hydrogen-bond acceptors (Lipinski definition) is 4. The number of piperidine rings is 1. The number of nitrogens with two attached hydrogens (primary N) is 1. The Balaban J connectivity index is 0.00000220. The van der Waals surface area contributed by atoms with E-state index >= 15 is 0 Å². The van der Waals surface area contributed by atoms with Crippen LogP contribution >= 0.6 is 12.4 Å². The predicted molar refractivity (Wildman–Crippen MR) is 84.6 cm³/mol. The lowest BCUT2D eigenvalue weighted by Crippen LogP contribution is -2.45. The minimum Gasteiger partial charge on any atom is -0.376 e. The Morgan fingerprint density at radius 3 is 2.90 bits per heavy atom. The van der Waals surface area contributed by atoms with Crippen molar-refractivity contribution in [2.45, 2.75) is 51.2 Å². The van der Waals surface area contributed by atoms with Gasteiger partial charge in [-0.3, -0.25) is 4.79 Å². The molecule has 0 aliphatic carbocycles. The molecule has 2 heterocycles. The van der Waals surface area contributed by atoms with E-state index in [1.54, 1.807) is 0 Å². The summed E-state index contributed by atoms with van der Waals surface area (Å²) in [5.41, 5.74) is 5.62. The molecule has 0 aromatic heterocycles. The van der Waals surface area contributed by atoms with Crippen molar-refractivity contribution in [1.82, 2.24) is 4.90 Å². The van der Waals surface area contributed by atoms with Gasteiger partial charge in [0.05, 0.1) is 12.7 Å². The number of nitrogens with zero attached hydrogens (tertiary/aromatic N) is 1. The van der Waals surface area contributed by atoms with Gasteiger partial charge in [-0.1, -0.05) is 0 Å². The van der Waals surface area contributed by atoms with Crippen molar-refractivity contribution in [1.29, 1.82) is 0 Å². The minimum atomic E-state index is -0.365. The number of halogens is 1. The van der Waals surface area contributed by atoms with Crippen LogP contribution in [0.4, 0.5) is 0 Å². The van der Waals surface area contributed by atoms with E-state index in [0.717, 1.165) is 45.4 Å². The molecule has 0 aromatic carbocycles. The number of rotatable bonds is 6. The van der Waals surface area contributed by atoms with Crippen LogP contribution in [0.15, 0.2) is 0 Å². The van der Waals surface area contributed by atoms with E-state index < -0.39 is 0 Å². The van der Waals surface area contributed by atoms with Crippen molar-refractivity contribution in [3.05, 3.63) is 0 Å². The number of carbonyl (C=O) groups excluding carboxylic acids is 1. The van der Waals surface area contributed by atoms with Crippen LogP contribution in [0.5, 0.6) is 0 Å². The average molecular weight is 321 g/mol. The Morgan fingerprint density at radius 1 is 1.43 bits per heavy atom. The van der Waals surface area contributed by atoms with Crippen molar-refractivity contribution in [3.63, 3.8) is 0 Å². The summed E-state index contributed by atoms with van der Waals surface area (Å²) in [6, 6.07) is 0. The molecule has 2 rings (SSSR count). The zero-order valence-electron chi connectivity index (χ0n) is 13.0. The van der Waals surface area contributed by atoms with E-state index in [4.69, 9.17) is 15.2 Å². The number of likely N-dealkylation sites (tertiary alicyclic amines) is 1. The van der Waals surface area contributed by atoms with Gasteiger partial charge in [-0.05, 0) is 51.5 Å². The zero-order valence-corrected chi connectivity index (χ0v) is 13.8. The second kappa shape index (κ2) is 9.62. The summed E-state index contributed by atoms with van der Waals surface area (Å²) >= 11 is 0. The van der Waals surface area contributed by atoms with Crippen LogP contribution in [0.2, 0.25) is 0 Å². The van der Waals surface area contributed by atoms with Crippen molar-refractivity contribution in [2.75, 3.05) is 32.8 Å². The van der Waals surface area contributed by atoms with E-state index in [-0.39, 0.29) is 30.5 Å². The third-order valence-corrected chi connectivity index (χ3v) is 4.31. The predicted octanol–water partition coefficient (Wildman–Crippen LogP) is 1.58. The molecule has 1 amide bonds. The highest BCUT2D eigenvalue weighted by Crippen LogP contribution is 2.20. The Labute approximate surface area is 133 Å². The lowest BCUT2D eigenvalue weighted by molar-refractivity contribution is -0.146. The van der Waals surface area contributed by atoms with E-state index in [2.05, 4.69) is 0 Å². The van der Waals surface area contributed by atoms with Gasteiger partial charge in [-0.2, -0.15) is 0 Å². The van der Waals surface area contributed by atoms with Crippen LogP contribution in [0.1, 0.15) is 39.0 Å². The Kier molecular flexibility index (Phi) is 8.56. The van der Waals surface area contributed by atoms with Gasteiger partial charge in [-0.15, -0.1) is 12.4 Å². The number of hydrogen-bond donors (Lipinski definition) is 1. The second-order valence-electron chi connectivity index (χ2n) is 5.98. The molecule has 2 aliphatic rings. The van der Waals surface area contributed by atoms with Gasteiger partial charge in [0.1, 0.15) is 6.10 Å². The SMILES string of the molecule is CC(OCC1CCCO1)C(=O)N1CCCC(CCN)C1.Cl. The lowest BCUT2D eigenvalue weighted by Gasteiger charge is -2.34. The van der Waals surface area contributed by atoms with E-state index in [1.807, 2.05) is 11.8 Å². The highest BCUT2D eigenvalue weighted by molar-refractivity contribution is 5.85. The highest BCUT2D eigenvalue weighted by atomic mass is 35.5. The Hall–Kier alpha value is -0.360. The van der Waals surface area contributed by atoms with Crippen LogP contribution < -0.4 is 5.73 Å². The van der Waals surface area contributed by atoms with Gasteiger partial charge in [0.25, 0.3) is 5.91 Å². The standard InChI is InChI=1S/C15H28N2O3.ClH/c1-12(20-11-14-5-3-9-19-14)15(18)17-8-2-4-13(10-17)6-7-16;/h12-14H,2-11,16H2,1H3;1H. The largest absolute Gasteiger partial charge is 0.376 e. The monoisotopic (exact) mass is 320 g/mol. The van der Waals surface area contributed by atoms with Crippen molar-refractivity contribution in [2.24, 2.45) is 11.7 Å². The van der Waals surface area contributed by atoms with Gasteiger partial charge in [-0.25, -0.2) is 0 Å². The molecule has 5 nitrogen and oxygen atoms in total. The summed E-state index contributed by atoms with van der Waals surface area (Å²) in [7, 11) is 0. The van der Waals surface area contributed by atoms with E-state index in [0.29, 0.717) is 19.1 Å². The first-order chi connectivity index (χ1) is 9.70. The summed E-state index contributed by atoms with van der Waals surface area (Å²) in [5.74, 6) is 0.674. The van der Waals surface area contributed by atoms with Crippen molar-refractivity contribution < 1.29 is 14.3 Å².